The number of rotatable bonds is 6. The van der Waals surface area contributed by atoms with Gasteiger partial charge in [-0.1, -0.05) is 60.1 Å². The van der Waals surface area contributed by atoms with Gasteiger partial charge in [0, 0.05) is 5.02 Å². The third-order valence-corrected chi connectivity index (χ3v) is 4.23. The summed E-state index contributed by atoms with van der Waals surface area (Å²) in [6, 6.07) is 25.5. The average Bonchev–Trinajstić information content (AvgIpc) is 2.72. The van der Waals surface area contributed by atoms with Gasteiger partial charge in [0.05, 0.1) is 17.7 Å². The minimum Gasteiger partial charge on any atom is -0.484 e. The summed E-state index contributed by atoms with van der Waals surface area (Å²) in [7, 11) is 0. The van der Waals surface area contributed by atoms with E-state index in [-0.39, 0.29) is 18.6 Å². The number of amides is 1. The van der Waals surface area contributed by atoms with Crippen molar-refractivity contribution in [1.29, 1.82) is 5.26 Å². The van der Waals surface area contributed by atoms with E-state index in [2.05, 4.69) is 5.32 Å². The van der Waals surface area contributed by atoms with Gasteiger partial charge in [-0.25, -0.2) is 0 Å². The number of nitrogens with zero attached hydrogens (tertiary/aromatic N) is 1. The van der Waals surface area contributed by atoms with Gasteiger partial charge in [0.25, 0.3) is 5.91 Å². The highest BCUT2D eigenvalue weighted by Crippen LogP contribution is 2.23. The van der Waals surface area contributed by atoms with Gasteiger partial charge in [0.1, 0.15) is 5.75 Å². The van der Waals surface area contributed by atoms with E-state index in [0.717, 1.165) is 11.1 Å². The Labute approximate surface area is 163 Å². The van der Waals surface area contributed by atoms with Gasteiger partial charge < -0.3 is 10.1 Å². The Morgan fingerprint density at radius 1 is 1.00 bits per heavy atom. The molecule has 0 aliphatic heterocycles. The Morgan fingerprint density at radius 2 is 1.70 bits per heavy atom. The van der Waals surface area contributed by atoms with Gasteiger partial charge in [-0.3, -0.25) is 4.79 Å². The number of carbonyl (C=O) groups is 1. The molecule has 3 rings (SSSR count). The van der Waals surface area contributed by atoms with Crippen LogP contribution in [-0.2, 0) is 4.79 Å². The van der Waals surface area contributed by atoms with E-state index in [1.54, 1.807) is 36.4 Å². The Kier molecular flexibility index (Phi) is 6.09. The number of ether oxygens (including phenoxy) is 1. The summed E-state index contributed by atoms with van der Waals surface area (Å²) < 4.78 is 5.52. The highest BCUT2D eigenvalue weighted by atomic mass is 35.5. The molecule has 1 atom stereocenters. The van der Waals surface area contributed by atoms with E-state index in [1.165, 1.54) is 0 Å². The van der Waals surface area contributed by atoms with Gasteiger partial charge in [-0.2, -0.15) is 5.26 Å². The molecular formula is C22H17ClN2O2. The number of nitrogens with one attached hydrogen (secondary N) is 1. The minimum absolute atomic E-state index is 0.147. The lowest BCUT2D eigenvalue weighted by Gasteiger charge is -2.20. The molecule has 0 radical (unpaired) electrons. The molecule has 1 N–H and O–H groups in total. The molecule has 1 unspecified atom stereocenters. The fourth-order valence-electron chi connectivity index (χ4n) is 2.67. The van der Waals surface area contributed by atoms with E-state index in [1.807, 2.05) is 48.5 Å². The fraction of sp³-hybridized carbons (Fsp3) is 0.0909. The van der Waals surface area contributed by atoms with E-state index in [0.29, 0.717) is 16.3 Å². The van der Waals surface area contributed by atoms with Crippen LogP contribution in [0.2, 0.25) is 5.02 Å². The van der Waals surface area contributed by atoms with Crippen molar-refractivity contribution in [3.05, 3.63) is 101 Å². The average molecular weight is 377 g/mol. The lowest BCUT2D eigenvalue weighted by atomic mass is 9.99. The molecule has 5 heteroatoms. The number of hydrogen-bond acceptors (Lipinski definition) is 3. The Hall–Kier alpha value is -3.29. The molecule has 0 saturated carbocycles. The lowest BCUT2D eigenvalue weighted by molar-refractivity contribution is -0.123. The van der Waals surface area contributed by atoms with Gasteiger partial charge in [-0.05, 0) is 41.5 Å². The molecule has 3 aromatic carbocycles. The predicted octanol–water partition coefficient (Wildman–Crippen LogP) is 4.50. The highest BCUT2D eigenvalue weighted by Gasteiger charge is 2.17. The lowest BCUT2D eigenvalue weighted by Crippen LogP contribution is -2.33. The number of benzene rings is 3. The second-order valence-electron chi connectivity index (χ2n) is 5.89. The number of hydrogen-bond donors (Lipinski definition) is 1. The number of carbonyl (C=O) groups excluding carboxylic acids is 1. The Bertz CT molecular complexity index is 950. The molecule has 0 fully saturated rings. The first-order valence-corrected chi connectivity index (χ1v) is 8.76. The van der Waals surface area contributed by atoms with Gasteiger partial charge >= 0.3 is 0 Å². The van der Waals surface area contributed by atoms with Crippen LogP contribution in [0.15, 0.2) is 78.9 Å². The summed E-state index contributed by atoms with van der Waals surface area (Å²) in [5, 5.41) is 12.6. The largest absolute Gasteiger partial charge is 0.484 e. The summed E-state index contributed by atoms with van der Waals surface area (Å²) >= 11 is 5.98. The molecule has 1 amide bonds. The molecule has 0 heterocycles. The Balaban J connectivity index is 1.72. The zero-order valence-corrected chi connectivity index (χ0v) is 15.2. The summed E-state index contributed by atoms with van der Waals surface area (Å²) in [6.07, 6.45) is 0. The molecule has 0 bridgehead atoms. The van der Waals surface area contributed by atoms with Gasteiger partial charge in [-0.15, -0.1) is 0 Å². The zero-order chi connectivity index (χ0) is 19.1. The molecule has 4 nitrogen and oxygen atoms in total. The van der Waals surface area contributed by atoms with Gasteiger partial charge in [0.2, 0.25) is 0 Å². The van der Waals surface area contributed by atoms with E-state index < -0.39 is 0 Å². The van der Waals surface area contributed by atoms with Crippen LogP contribution < -0.4 is 10.1 Å². The van der Waals surface area contributed by atoms with Gasteiger partial charge in [0.15, 0.2) is 6.61 Å². The van der Waals surface area contributed by atoms with Crippen LogP contribution in [0.3, 0.4) is 0 Å². The van der Waals surface area contributed by atoms with Crippen molar-refractivity contribution in [2.24, 2.45) is 0 Å². The van der Waals surface area contributed by atoms with Crippen molar-refractivity contribution in [2.75, 3.05) is 6.61 Å². The maximum Gasteiger partial charge on any atom is 0.258 e. The number of halogens is 1. The van der Waals surface area contributed by atoms with E-state index in [9.17, 15) is 4.79 Å². The van der Waals surface area contributed by atoms with Crippen LogP contribution in [0.4, 0.5) is 0 Å². The predicted molar refractivity (Wildman–Crippen MR) is 105 cm³/mol. The molecule has 0 spiro atoms. The first-order valence-electron chi connectivity index (χ1n) is 8.38. The second-order valence-corrected chi connectivity index (χ2v) is 6.33. The van der Waals surface area contributed by atoms with E-state index >= 15 is 0 Å². The first kappa shape index (κ1) is 18.5. The molecule has 0 saturated heterocycles. The summed E-state index contributed by atoms with van der Waals surface area (Å²) in [5.74, 6) is 0.216. The van der Waals surface area contributed by atoms with Crippen LogP contribution in [0, 0.1) is 11.3 Å². The van der Waals surface area contributed by atoms with Crippen molar-refractivity contribution < 1.29 is 9.53 Å². The monoisotopic (exact) mass is 376 g/mol. The summed E-state index contributed by atoms with van der Waals surface area (Å²) in [5.41, 5.74) is 2.36. The first-order chi connectivity index (χ1) is 13.2. The van der Waals surface area contributed by atoms with Crippen LogP contribution >= 0.6 is 11.6 Å². The topological polar surface area (TPSA) is 62.1 Å². The molecule has 0 aromatic heterocycles. The summed E-state index contributed by atoms with van der Waals surface area (Å²) in [6.45, 7) is -0.147. The third kappa shape index (κ3) is 5.10. The zero-order valence-electron chi connectivity index (χ0n) is 14.4. The quantitative estimate of drug-likeness (QED) is 0.689. The summed E-state index contributed by atoms with van der Waals surface area (Å²) in [4.78, 5) is 12.5. The van der Waals surface area contributed by atoms with Crippen LogP contribution in [0.5, 0.6) is 5.75 Å². The van der Waals surface area contributed by atoms with Crippen molar-refractivity contribution in [3.63, 3.8) is 0 Å². The second kappa shape index (κ2) is 8.88. The SMILES string of the molecule is N#Cc1cccc(OCC(=O)NC(c2ccccc2)c2ccc(Cl)cc2)c1. The smallest absolute Gasteiger partial charge is 0.258 e. The molecule has 27 heavy (non-hydrogen) atoms. The standard InChI is InChI=1S/C22H17ClN2O2/c23-19-11-9-18(10-12-19)22(17-6-2-1-3-7-17)25-21(26)15-27-20-8-4-5-16(13-20)14-24/h1-13,22H,15H2,(H,25,26). The van der Waals surface area contributed by atoms with Crippen LogP contribution in [0.25, 0.3) is 0 Å². The minimum atomic E-state index is -0.315. The van der Waals surface area contributed by atoms with Crippen molar-refractivity contribution in [3.8, 4) is 11.8 Å². The normalized spacial score (nSPS) is 11.3. The Morgan fingerprint density at radius 3 is 2.41 bits per heavy atom. The molecular weight excluding hydrogens is 360 g/mol. The van der Waals surface area contributed by atoms with E-state index in [4.69, 9.17) is 21.6 Å². The molecule has 0 aliphatic rings. The van der Waals surface area contributed by atoms with Crippen LogP contribution in [-0.4, -0.2) is 12.5 Å². The number of nitriles is 1. The molecule has 134 valence electrons. The maximum absolute atomic E-state index is 12.5. The maximum atomic E-state index is 12.5. The van der Waals surface area contributed by atoms with Crippen molar-refractivity contribution in [1.82, 2.24) is 5.32 Å². The third-order valence-electron chi connectivity index (χ3n) is 3.97. The fourth-order valence-corrected chi connectivity index (χ4v) is 2.79. The van der Waals surface area contributed by atoms with Crippen molar-refractivity contribution >= 4 is 17.5 Å². The molecule has 0 aliphatic carbocycles. The highest BCUT2D eigenvalue weighted by molar-refractivity contribution is 6.30. The van der Waals surface area contributed by atoms with Crippen molar-refractivity contribution in [2.45, 2.75) is 6.04 Å². The van der Waals surface area contributed by atoms with Crippen LogP contribution in [0.1, 0.15) is 22.7 Å². The molecule has 3 aromatic rings.